The Bertz CT molecular complexity index is 623. The fraction of sp³-hybridized carbons (Fsp3) is 0.286. The Morgan fingerprint density at radius 2 is 2.05 bits per heavy atom. The van der Waals surface area contributed by atoms with Crippen LogP contribution in [0.2, 0.25) is 0 Å². The number of hydrogen-bond acceptors (Lipinski definition) is 4. The van der Waals surface area contributed by atoms with E-state index in [1.807, 2.05) is 6.07 Å². The molecule has 0 amide bonds. The topological polar surface area (TPSA) is 38.2 Å². The molecule has 0 atom stereocenters. The van der Waals surface area contributed by atoms with Crippen LogP contribution in [0.1, 0.15) is 5.69 Å². The number of hydrogen-bond donors (Lipinski definition) is 0. The molecule has 5 heteroatoms. The fourth-order valence-electron chi connectivity index (χ4n) is 2.31. The molecule has 3 rings (SSSR count). The van der Waals surface area contributed by atoms with Gasteiger partial charge in [0.25, 0.3) is 0 Å². The second-order valence-electron chi connectivity index (χ2n) is 4.38. The molecule has 0 radical (unpaired) electrons. The van der Waals surface area contributed by atoms with Gasteiger partial charge in [-0.1, -0.05) is 6.58 Å². The highest BCUT2D eigenvalue weighted by atomic mass is 19.1. The lowest BCUT2D eigenvalue weighted by Gasteiger charge is -2.29. The number of rotatable bonds is 2. The van der Waals surface area contributed by atoms with E-state index >= 15 is 0 Å². The zero-order chi connectivity index (χ0) is 13.2. The minimum atomic E-state index is -0.311. The summed E-state index contributed by atoms with van der Waals surface area (Å²) in [6, 6.07) is 3.42. The molecule has 0 N–H and O–H groups in total. The number of fused-ring (bicyclic) bond motifs is 1. The summed E-state index contributed by atoms with van der Waals surface area (Å²) < 4.78 is 19.6. The molecule has 0 saturated carbocycles. The van der Waals surface area contributed by atoms with Crippen molar-refractivity contribution in [2.24, 2.45) is 0 Å². The van der Waals surface area contributed by atoms with Crippen molar-refractivity contribution in [3.05, 3.63) is 36.6 Å². The van der Waals surface area contributed by atoms with Gasteiger partial charge in [-0.05, 0) is 18.2 Å². The van der Waals surface area contributed by atoms with Gasteiger partial charge in [-0.2, -0.15) is 0 Å². The summed E-state index contributed by atoms with van der Waals surface area (Å²) in [4.78, 5) is 10.3. The van der Waals surface area contributed by atoms with Gasteiger partial charge in [-0.25, -0.2) is 14.4 Å². The smallest absolute Gasteiger partial charge is 0.136 e. The van der Waals surface area contributed by atoms with Gasteiger partial charge in [0, 0.05) is 18.8 Å². The zero-order valence-corrected chi connectivity index (χ0v) is 10.5. The number of anilines is 1. The molecule has 1 aliphatic heterocycles. The molecule has 1 aromatic carbocycles. The van der Waals surface area contributed by atoms with Crippen molar-refractivity contribution in [2.75, 3.05) is 31.2 Å². The molecule has 2 aromatic rings. The first-order valence-corrected chi connectivity index (χ1v) is 6.19. The van der Waals surface area contributed by atoms with E-state index < -0.39 is 0 Å². The maximum Gasteiger partial charge on any atom is 0.136 e. The molecule has 0 aliphatic carbocycles. The summed E-state index contributed by atoms with van der Waals surface area (Å²) in [5, 5.41) is 0.425. The van der Waals surface area contributed by atoms with Crippen LogP contribution in [-0.2, 0) is 4.74 Å². The number of aromatic nitrogens is 2. The van der Waals surface area contributed by atoms with E-state index in [0.29, 0.717) is 29.8 Å². The Hall–Kier alpha value is -2.01. The molecule has 2 heterocycles. The average Bonchev–Trinajstić information content (AvgIpc) is 2.47. The molecule has 0 spiro atoms. The normalized spacial score (nSPS) is 15.7. The van der Waals surface area contributed by atoms with Crippen LogP contribution >= 0.6 is 0 Å². The molecular weight excluding hydrogens is 245 g/mol. The fourth-order valence-corrected chi connectivity index (χ4v) is 2.31. The lowest BCUT2D eigenvalue weighted by Crippen LogP contribution is -2.36. The van der Waals surface area contributed by atoms with Crippen LogP contribution < -0.4 is 4.90 Å². The van der Waals surface area contributed by atoms with Crippen molar-refractivity contribution in [3.8, 4) is 0 Å². The Morgan fingerprint density at radius 3 is 2.79 bits per heavy atom. The van der Waals surface area contributed by atoms with E-state index in [4.69, 9.17) is 4.74 Å². The predicted octanol–water partition coefficient (Wildman–Crippen LogP) is 2.25. The second kappa shape index (κ2) is 4.93. The Balaban J connectivity index is 2.11. The molecule has 4 nitrogen and oxygen atoms in total. The number of morpholine rings is 1. The maximum absolute atomic E-state index is 14.3. The largest absolute Gasteiger partial charge is 0.378 e. The van der Waals surface area contributed by atoms with Gasteiger partial charge in [0.1, 0.15) is 12.1 Å². The van der Waals surface area contributed by atoms with Crippen molar-refractivity contribution >= 4 is 22.7 Å². The highest BCUT2D eigenvalue weighted by Gasteiger charge is 2.15. The number of halogens is 1. The lowest BCUT2D eigenvalue weighted by molar-refractivity contribution is 0.122. The third-order valence-corrected chi connectivity index (χ3v) is 3.27. The van der Waals surface area contributed by atoms with Gasteiger partial charge >= 0.3 is 0 Å². The van der Waals surface area contributed by atoms with Crippen LogP contribution in [0.3, 0.4) is 0 Å². The van der Waals surface area contributed by atoms with Crippen molar-refractivity contribution in [1.82, 2.24) is 9.97 Å². The molecule has 1 saturated heterocycles. The Labute approximate surface area is 110 Å². The Morgan fingerprint density at radius 1 is 1.26 bits per heavy atom. The monoisotopic (exact) mass is 259 g/mol. The van der Waals surface area contributed by atoms with Crippen LogP contribution in [-0.4, -0.2) is 36.3 Å². The Kier molecular flexibility index (Phi) is 3.13. The number of benzene rings is 1. The van der Waals surface area contributed by atoms with Gasteiger partial charge in [0.15, 0.2) is 0 Å². The van der Waals surface area contributed by atoms with Crippen molar-refractivity contribution in [1.29, 1.82) is 0 Å². The van der Waals surface area contributed by atoms with E-state index in [1.165, 1.54) is 12.4 Å². The first kappa shape index (κ1) is 12.0. The van der Waals surface area contributed by atoms with Gasteiger partial charge < -0.3 is 9.64 Å². The summed E-state index contributed by atoms with van der Waals surface area (Å²) in [6.07, 6.45) is 2.98. The van der Waals surface area contributed by atoms with Crippen molar-refractivity contribution in [3.63, 3.8) is 0 Å². The molecule has 1 aromatic heterocycles. The molecule has 0 bridgehead atoms. The lowest BCUT2D eigenvalue weighted by atomic mass is 10.1. The summed E-state index contributed by atoms with van der Waals surface area (Å²) in [5.74, 6) is -0.311. The zero-order valence-electron chi connectivity index (χ0n) is 10.5. The first-order valence-electron chi connectivity index (χ1n) is 6.19. The third kappa shape index (κ3) is 2.17. The molecule has 1 aliphatic rings. The van der Waals surface area contributed by atoms with E-state index in [2.05, 4.69) is 21.4 Å². The highest BCUT2D eigenvalue weighted by molar-refractivity contribution is 5.88. The van der Waals surface area contributed by atoms with Crippen molar-refractivity contribution in [2.45, 2.75) is 0 Å². The van der Waals surface area contributed by atoms with Crippen LogP contribution in [0.5, 0.6) is 0 Å². The molecule has 0 unspecified atom stereocenters. The maximum atomic E-state index is 14.3. The second-order valence-corrected chi connectivity index (χ2v) is 4.38. The van der Waals surface area contributed by atoms with Crippen LogP contribution in [0.25, 0.3) is 17.0 Å². The van der Waals surface area contributed by atoms with Crippen molar-refractivity contribution < 1.29 is 9.13 Å². The van der Waals surface area contributed by atoms with Crippen LogP contribution in [0.4, 0.5) is 10.1 Å². The minimum Gasteiger partial charge on any atom is -0.378 e. The van der Waals surface area contributed by atoms with E-state index in [-0.39, 0.29) is 5.82 Å². The van der Waals surface area contributed by atoms with E-state index in [1.54, 1.807) is 6.08 Å². The molecule has 98 valence electrons. The van der Waals surface area contributed by atoms with Crippen LogP contribution in [0, 0.1) is 5.82 Å². The SMILES string of the molecule is C=Cc1ncnc2cc(N3CCOCC3)cc(F)c12. The quantitative estimate of drug-likeness (QED) is 0.829. The third-order valence-electron chi connectivity index (χ3n) is 3.27. The average molecular weight is 259 g/mol. The first-order chi connectivity index (χ1) is 9.29. The highest BCUT2D eigenvalue weighted by Crippen LogP contribution is 2.26. The summed E-state index contributed by atoms with van der Waals surface area (Å²) in [7, 11) is 0. The summed E-state index contributed by atoms with van der Waals surface area (Å²) in [6.45, 7) is 6.52. The predicted molar refractivity (Wildman–Crippen MR) is 72.6 cm³/mol. The molecular formula is C14H14FN3O. The number of nitrogens with zero attached hydrogens (tertiary/aromatic N) is 3. The molecule has 19 heavy (non-hydrogen) atoms. The van der Waals surface area contributed by atoms with Gasteiger partial charge in [-0.3, -0.25) is 0 Å². The summed E-state index contributed by atoms with van der Waals surface area (Å²) >= 11 is 0. The standard InChI is InChI=1S/C14H14FN3O/c1-2-12-14-11(15)7-10(8-13(14)17-9-16-12)18-3-5-19-6-4-18/h2,7-9H,1,3-6H2. The van der Waals surface area contributed by atoms with Crippen LogP contribution in [0.15, 0.2) is 25.0 Å². The molecule has 1 fully saturated rings. The van der Waals surface area contributed by atoms with Gasteiger partial charge in [-0.15, -0.1) is 0 Å². The minimum absolute atomic E-state index is 0.311. The number of ether oxygens (including phenoxy) is 1. The van der Waals surface area contributed by atoms with E-state index in [9.17, 15) is 4.39 Å². The van der Waals surface area contributed by atoms with Gasteiger partial charge in [0.2, 0.25) is 0 Å². The van der Waals surface area contributed by atoms with E-state index in [0.717, 1.165) is 18.8 Å². The summed E-state index contributed by atoms with van der Waals surface area (Å²) in [5.41, 5.74) is 1.96. The van der Waals surface area contributed by atoms with Gasteiger partial charge in [0.05, 0.1) is 29.8 Å².